The molecule has 0 spiro atoms. The van der Waals surface area contributed by atoms with Crippen molar-refractivity contribution >= 4 is 29.3 Å². The fraction of sp³-hybridized carbons (Fsp3) is 0.500. The summed E-state index contributed by atoms with van der Waals surface area (Å²) >= 11 is 1.91. The van der Waals surface area contributed by atoms with Crippen molar-refractivity contribution < 1.29 is 9.59 Å². The average Bonchev–Trinajstić information content (AvgIpc) is 2.48. The van der Waals surface area contributed by atoms with Gasteiger partial charge in [-0.05, 0) is 51.0 Å². The maximum atomic E-state index is 12.0. The molecular formula is C16H22N2O2S. The van der Waals surface area contributed by atoms with Crippen LogP contribution in [0.2, 0.25) is 0 Å². The van der Waals surface area contributed by atoms with E-state index in [1.807, 2.05) is 11.8 Å². The van der Waals surface area contributed by atoms with E-state index in [0.29, 0.717) is 11.3 Å². The minimum atomic E-state index is -0.191. The van der Waals surface area contributed by atoms with Crippen molar-refractivity contribution in [2.45, 2.75) is 43.9 Å². The molecule has 0 aliphatic heterocycles. The fourth-order valence-electron chi connectivity index (χ4n) is 2.61. The van der Waals surface area contributed by atoms with Gasteiger partial charge >= 0.3 is 6.03 Å². The molecule has 0 atom stereocenters. The number of carbonyl (C=O) groups excluding carboxylic acids is 2. The molecule has 1 aliphatic carbocycles. The first kappa shape index (κ1) is 15.9. The van der Waals surface area contributed by atoms with E-state index >= 15 is 0 Å². The molecule has 0 heterocycles. The first-order valence-electron chi connectivity index (χ1n) is 7.30. The van der Waals surface area contributed by atoms with Crippen LogP contribution < -0.4 is 10.6 Å². The van der Waals surface area contributed by atoms with Crippen LogP contribution in [-0.4, -0.2) is 29.4 Å². The van der Waals surface area contributed by atoms with Gasteiger partial charge in [0.15, 0.2) is 5.78 Å². The number of Topliss-reactive ketones (excluding diaryl/α,β-unsaturated/α-hetero) is 1. The third-order valence-electron chi connectivity index (χ3n) is 3.87. The van der Waals surface area contributed by atoms with Gasteiger partial charge in [0.05, 0.1) is 0 Å². The summed E-state index contributed by atoms with van der Waals surface area (Å²) in [6.07, 6.45) is 6.53. The highest BCUT2D eigenvalue weighted by atomic mass is 32.2. The quantitative estimate of drug-likeness (QED) is 0.834. The second-order valence-electron chi connectivity index (χ2n) is 5.44. The lowest BCUT2D eigenvalue weighted by Crippen LogP contribution is -2.40. The van der Waals surface area contributed by atoms with Crippen molar-refractivity contribution in [2.75, 3.05) is 11.6 Å². The van der Waals surface area contributed by atoms with Crippen molar-refractivity contribution in [1.29, 1.82) is 0 Å². The molecule has 5 heteroatoms. The van der Waals surface area contributed by atoms with Crippen molar-refractivity contribution in [2.24, 2.45) is 0 Å². The lowest BCUT2D eigenvalue weighted by atomic mass is 9.95. The zero-order chi connectivity index (χ0) is 15.2. The standard InChI is InChI=1S/C16H22N2O2S/c1-11(19)12-4-3-5-14(10-12)18-16(20)17-13-6-8-15(21-2)9-7-13/h3-5,10,13,15H,6-9H2,1-2H3,(H2,17,18,20). The van der Waals surface area contributed by atoms with E-state index in [1.165, 1.54) is 6.92 Å². The van der Waals surface area contributed by atoms with Crippen molar-refractivity contribution in [3.05, 3.63) is 29.8 Å². The summed E-state index contributed by atoms with van der Waals surface area (Å²) < 4.78 is 0. The maximum absolute atomic E-state index is 12.0. The van der Waals surface area contributed by atoms with Crippen molar-refractivity contribution in [3.8, 4) is 0 Å². The van der Waals surface area contributed by atoms with Gasteiger partial charge in [0, 0.05) is 22.5 Å². The highest BCUT2D eigenvalue weighted by Crippen LogP contribution is 2.26. The van der Waals surface area contributed by atoms with Crippen LogP contribution in [0.4, 0.5) is 10.5 Å². The Kier molecular flexibility index (Phi) is 5.67. The Bertz CT molecular complexity index is 511. The molecule has 1 aromatic rings. The Morgan fingerprint density at radius 3 is 2.52 bits per heavy atom. The summed E-state index contributed by atoms with van der Waals surface area (Å²) in [6.45, 7) is 1.52. The zero-order valence-corrected chi connectivity index (χ0v) is 13.3. The molecule has 1 fully saturated rings. The minimum Gasteiger partial charge on any atom is -0.335 e. The Labute approximate surface area is 130 Å². The summed E-state index contributed by atoms with van der Waals surface area (Å²) in [5.74, 6) is -0.00514. The fourth-order valence-corrected chi connectivity index (χ4v) is 3.35. The van der Waals surface area contributed by atoms with Crippen LogP contribution in [0.15, 0.2) is 24.3 Å². The predicted molar refractivity (Wildman–Crippen MR) is 88.2 cm³/mol. The number of benzene rings is 1. The number of anilines is 1. The van der Waals surface area contributed by atoms with Gasteiger partial charge in [-0.1, -0.05) is 12.1 Å². The number of hydrogen-bond donors (Lipinski definition) is 2. The molecule has 21 heavy (non-hydrogen) atoms. The van der Waals surface area contributed by atoms with Gasteiger partial charge in [0.25, 0.3) is 0 Å². The third kappa shape index (κ3) is 4.77. The Morgan fingerprint density at radius 1 is 1.19 bits per heavy atom. The molecule has 2 N–H and O–H groups in total. The normalized spacial score (nSPS) is 21.6. The minimum absolute atomic E-state index is 0.00514. The van der Waals surface area contributed by atoms with Gasteiger partial charge in [-0.2, -0.15) is 11.8 Å². The number of ketones is 1. The summed E-state index contributed by atoms with van der Waals surface area (Å²) in [5, 5.41) is 6.55. The largest absolute Gasteiger partial charge is 0.335 e. The summed E-state index contributed by atoms with van der Waals surface area (Å²) in [7, 11) is 0. The van der Waals surface area contributed by atoms with Crippen LogP contribution in [0.25, 0.3) is 0 Å². The monoisotopic (exact) mass is 306 g/mol. The van der Waals surface area contributed by atoms with E-state index in [-0.39, 0.29) is 17.9 Å². The van der Waals surface area contributed by atoms with E-state index < -0.39 is 0 Å². The first-order valence-corrected chi connectivity index (χ1v) is 8.58. The molecule has 2 amide bonds. The maximum Gasteiger partial charge on any atom is 0.319 e. The van der Waals surface area contributed by atoms with Crippen LogP contribution in [0, 0.1) is 0 Å². The predicted octanol–water partition coefficient (Wildman–Crippen LogP) is 3.68. The highest BCUT2D eigenvalue weighted by Gasteiger charge is 2.21. The first-order chi connectivity index (χ1) is 10.1. The molecule has 114 valence electrons. The van der Waals surface area contributed by atoms with E-state index in [1.54, 1.807) is 24.3 Å². The van der Waals surface area contributed by atoms with Gasteiger partial charge in [-0.25, -0.2) is 4.79 Å². The van der Waals surface area contributed by atoms with Gasteiger partial charge in [-0.15, -0.1) is 0 Å². The SMILES string of the molecule is CSC1CCC(NC(=O)Nc2cccc(C(C)=O)c2)CC1. The number of hydrogen-bond acceptors (Lipinski definition) is 3. The van der Waals surface area contributed by atoms with Crippen LogP contribution >= 0.6 is 11.8 Å². The van der Waals surface area contributed by atoms with Crippen LogP contribution in [0.5, 0.6) is 0 Å². The van der Waals surface area contributed by atoms with Gasteiger partial charge < -0.3 is 10.6 Å². The molecule has 0 aromatic heterocycles. The number of rotatable bonds is 4. The second-order valence-corrected chi connectivity index (χ2v) is 6.58. The van der Waals surface area contributed by atoms with Gasteiger partial charge in [0.1, 0.15) is 0 Å². The summed E-state index contributed by atoms with van der Waals surface area (Å²) in [5.41, 5.74) is 1.26. The van der Waals surface area contributed by atoms with Gasteiger partial charge in [-0.3, -0.25) is 4.79 Å². The molecule has 0 bridgehead atoms. The third-order valence-corrected chi connectivity index (χ3v) is 5.01. The molecule has 1 aliphatic rings. The Morgan fingerprint density at radius 2 is 1.90 bits per heavy atom. The molecule has 0 radical (unpaired) electrons. The number of nitrogens with one attached hydrogen (secondary N) is 2. The smallest absolute Gasteiger partial charge is 0.319 e. The van der Waals surface area contributed by atoms with Gasteiger partial charge in [0.2, 0.25) is 0 Å². The van der Waals surface area contributed by atoms with E-state index in [0.717, 1.165) is 30.9 Å². The number of amides is 2. The van der Waals surface area contributed by atoms with E-state index in [4.69, 9.17) is 0 Å². The molecule has 4 nitrogen and oxygen atoms in total. The lowest BCUT2D eigenvalue weighted by molar-refractivity contribution is 0.101. The average molecular weight is 306 g/mol. The van der Waals surface area contributed by atoms with Crippen LogP contribution in [0.3, 0.4) is 0 Å². The summed E-state index contributed by atoms with van der Waals surface area (Å²) in [4.78, 5) is 23.3. The molecule has 1 aromatic carbocycles. The molecule has 2 rings (SSSR count). The molecule has 1 saturated carbocycles. The number of carbonyl (C=O) groups is 2. The van der Waals surface area contributed by atoms with Crippen molar-refractivity contribution in [1.82, 2.24) is 5.32 Å². The number of urea groups is 1. The summed E-state index contributed by atoms with van der Waals surface area (Å²) in [6, 6.07) is 7.07. The van der Waals surface area contributed by atoms with Crippen molar-refractivity contribution in [3.63, 3.8) is 0 Å². The second kappa shape index (κ2) is 7.50. The van der Waals surface area contributed by atoms with Crippen LogP contribution in [-0.2, 0) is 0 Å². The molecule has 0 saturated heterocycles. The van der Waals surface area contributed by atoms with Crippen LogP contribution in [0.1, 0.15) is 43.0 Å². The highest BCUT2D eigenvalue weighted by molar-refractivity contribution is 7.99. The van der Waals surface area contributed by atoms with E-state index in [2.05, 4.69) is 16.9 Å². The van der Waals surface area contributed by atoms with E-state index in [9.17, 15) is 9.59 Å². The Balaban J connectivity index is 1.85. The zero-order valence-electron chi connectivity index (χ0n) is 12.5. The molecular weight excluding hydrogens is 284 g/mol. The molecule has 0 unspecified atom stereocenters. The number of thioether (sulfide) groups is 1. The Hall–Kier alpha value is -1.49. The topological polar surface area (TPSA) is 58.2 Å². The lowest BCUT2D eigenvalue weighted by Gasteiger charge is -2.28.